The van der Waals surface area contributed by atoms with E-state index in [4.69, 9.17) is 0 Å². The molecule has 0 aromatic heterocycles. The molecule has 0 N–H and O–H groups in total. The fourth-order valence-corrected chi connectivity index (χ4v) is 2.61. The molecule has 0 rings (SSSR count). The minimum atomic E-state index is 1.20. The Kier molecular flexibility index (Phi) is 49.9. The highest BCUT2D eigenvalue weighted by molar-refractivity contribution is 5.08. The van der Waals surface area contributed by atoms with Crippen LogP contribution in [-0.4, -0.2) is 0 Å². The molecule has 0 saturated carbocycles. The summed E-state index contributed by atoms with van der Waals surface area (Å²) in [6.45, 7) is 24.5. The molecular weight excluding hydrogens is 444 g/mol. The van der Waals surface area contributed by atoms with Gasteiger partial charge in [-0.25, -0.2) is 0 Å². The van der Waals surface area contributed by atoms with Crippen LogP contribution in [0.3, 0.4) is 0 Å². The van der Waals surface area contributed by atoms with E-state index in [-0.39, 0.29) is 0 Å². The topological polar surface area (TPSA) is 0 Å². The van der Waals surface area contributed by atoms with Crippen molar-refractivity contribution in [2.24, 2.45) is 0 Å². The van der Waals surface area contributed by atoms with E-state index in [9.17, 15) is 0 Å². The summed E-state index contributed by atoms with van der Waals surface area (Å²) in [5.41, 5.74) is 2.74. The summed E-state index contributed by atoms with van der Waals surface area (Å²) >= 11 is 0. The van der Waals surface area contributed by atoms with Gasteiger partial charge in [-0.2, -0.15) is 0 Å². The molecule has 0 radical (unpaired) electrons. The summed E-state index contributed by atoms with van der Waals surface area (Å²) in [6.07, 6.45) is 41.6. The van der Waals surface area contributed by atoms with Gasteiger partial charge in [0, 0.05) is 0 Å². The Labute approximate surface area is 235 Å². The smallest absolute Gasteiger partial charge is 0.0348 e. The first-order valence-corrected chi connectivity index (χ1v) is 15.0. The first-order valence-electron chi connectivity index (χ1n) is 15.0. The highest BCUT2D eigenvalue weighted by Crippen LogP contribution is 2.00. The van der Waals surface area contributed by atoms with Crippen LogP contribution in [0.5, 0.6) is 0 Å². The van der Waals surface area contributed by atoms with Crippen LogP contribution >= 0.6 is 0 Å². The summed E-state index contributed by atoms with van der Waals surface area (Å²) < 4.78 is 0. The fourth-order valence-electron chi connectivity index (χ4n) is 2.61. The van der Waals surface area contributed by atoms with Gasteiger partial charge in [0.25, 0.3) is 0 Å². The third-order valence-electron chi connectivity index (χ3n) is 4.80. The lowest BCUT2D eigenvalue weighted by molar-refractivity contribution is 0.729. The lowest BCUT2D eigenvalue weighted by atomic mass is 10.2. The quantitative estimate of drug-likeness (QED) is 0.135. The Morgan fingerprint density at radius 3 is 1.11 bits per heavy atom. The molecule has 0 saturated heterocycles. The van der Waals surface area contributed by atoms with E-state index in [2.05, 4.69) is 117 Å². The predicted octanol–water partition coefficient (Wildman–Crippen LogP) is 13.6. The third-order valence-corrected chi connectivity index (χ3v) is 4.80. The molecular formula is C37H66. The van der Waals surface area contributed by atoms with Crippen molar-refractivity contribution in [2.45, 2.75) is 139 Å². The van der Waals surface area contributed by atoms with E-state index in [1.807, 2.05) is 24.3 Å². The zero-order chi connectivity index (χ0) is 28.8. The Morgan fingerprint density at radius 1 is 0.432 bits per heavy atom. The zero-order valence-corrected chi connectivity index (χ0v) is 26.5. The van der Waals surface area contributed by atoms with Gasteiger partial charge in [-0.3, -0.25) is 0 Å². The van der Waals surface area contributed by atoms with Gasteiger partial charge in [0.15, 0.2) is 0 Å². The van der Waals surface area contributed by atoms with Gasteiger partial charge in [-0.05, 0) is 66.2 Å². The number of allylic oxidation sites excluding steroid dienone is 14. The molecule has 0 bridgehead atoms. The minimum Gasteiger partial charge on any atom is -0.0991 e. The van der Waals surface area contributed by atoms with Gasteiger partial charge < -0.3 is 0 Å². The molecule has 0 unspecified atom stereocenters. The van der Waals surface area contributed by atoms with Crippen molar-refractivity contribution in [1.82, 2.24) is 0 Å². The standard InChI is InChI=1S/C11H20.2C9H16.C8H14/c1-4-5-6-7-8-9-10-11(2)3;1-4-5-6-7-8-9(2)3;1-3-5-7-9-8-6-4-2;1-3-5-7-8-6-4-2/h8-10H,4-7H2,1-3H3;6-8H,4-5H2,1-3H3;3,5,7H,1,4,6,8-9H2,2H3;3,5,7H,1,4,6,8H2,2H3/b9-8+;7-6+;2*7-5+. The maximum Gasteiger partial charge on any atom is -0.0348 e. The van der Waals surface area contributed by atoms with E-state index >= 15 is 0 Å². The van der Waals surface area contributed by atoms with Gasteiger partial charge in [0.2, 0.25) is 0 Å². The van der Waals surface area contributed by atoms with Crippen LogP contribution in [0.1, 0.15) is 139 Å². The summed E-state index contributed by atoms with van der Waals surface area (Å²) in [5.74, 6) is 0. The lowest BCUT2D eigenvalue weighted by Gasteiger charge is -1.90. The van der Waals surface area contributed by atoms with E-state index in [0.29, 0.717) is 0 Å². The van der Waals surface area contributed by atoms with Crippen molar-refractivity contribution in [3.63, 3.8) is 0 Å². The fraction of sp³-hybridized carbons (Fsp3) is 0.568. The van der Waals surface area contributed by atoms with E-state index in [1.54, 1.807) is 0 Å². The largest absolute Gasteiger partial charge is 0.0991 e. The number of hydrogen-bond acceptors (Lipinski definition) is 0. The van der Waals surface area contributed by atoms with Gasteiger partial charge in [0.05, 0.1) is 0 Å². The zero-order valence-electron chi connectivity index (χ0n) is 26.5. The van der Waals surface area contributed by atoms with Crippen LogP contribution < -0.4 is 0 Å². The molecule has 0 aromatic rings. The SMILES string of the molecule is C=C/C=C/CCCC.C=C/C=C/CCCCC.CCC/C=C/C=C(C)C.CCCCC/C=C/C=C(C)C. The van der Waals surface area contributed by atoms with Crippen LogP contribution in [0.25, 0.3) is 0 Å². The van der Waals surface area contributed by atoms with Crippen molar-refractivity contribution >= 4 is 0 Å². The molecule has 37 heavy (non-hydrogen) atoms. The normalized spacial score (nSPS) is 10.3. The van der Waals surface area contributed by atoms with Gasteiger partial charge in [0.1, 0.15) is 0 Å². The molecule has 0 heteroatoms. The van der Waals surface area contributed by atoms with Crippen molar-refractivity contribution in [3.8, 4) is 0 Å². The number of unbranched alkanes of at least 4 members (excludes halogenated alkanes) is 9. The summed E-state index contributed by atoms with van der Waals surface area (Å²) in [5, 5.41) is 0. The Balaban J connectivity index is -0.000000198. The minimum absolute atomic E-state index is 1.20. The molecule has 0 fully saturated rings. The average Bonchev–Trinajstić information content (AvgIpc) is 2.88. The maximum atomic E-state index is 3.59. The predicted molar refractivity (Wildman–Crippen MR) is 179 cm³/mol. The molecule has 0 aliphatic rings. The summed E-state index contributed by atoms with van der Waals surface area (Å²) in [6, 6.07) is 0. The first kappa shape index (κ1) is 42.0. The number of hydrogen-bond donors (Lipinski definition) is 0. The highest BCUT2D eigenvalue weighted by atomic mass is 13.9. The summed E-state index contributed by atoms with van der Waals surface area (Å²) in [7, 11) is 0. The van der Waals surface area contributed by atoms with Gasteiger partial charge in [-0.15, -0.1) is 0 Å². The Bertz CT molecular complexity index is 596. The Morgan fingerprint density at radius 2 is 0.784 bits per heavy atom. The second kappa shape index (κ2) is 44.0. The van der Waals surface area contributed by atoms with E-state index in [0.717, 1.165) is 0 Å². The van der Waals surface area contributed by atoms with Crippen LogP contribution in [0.2, 0.25) is 0 Å². The molecule has 214 valence electrons. The monoisotopic (exact) mass is 511 g/mol. The lowest BCUT2D eigenvalue weighted by Crippen LogP contribution is -1.70. The third kappa shape index (κ3) is 65.8. The summed E-state index contributed by atoms with van der Waals surface area (Å²) in [4.78, 5) is 0. The van der Waals surface area contributed by atoms with E-state index in [1.165, 1.54) is 94.6 Å². The second-order valence-corrected chi connectivity index (χ2v) is 9.59. The molecule has 0 aliphatic carbocycles. The highest BCUT2D eigenvalue weighted by Gasteiger charge is 1.80. The molecule has 0 heterocycles. The van der Waals surface area contributed by atoms with Crippen LogP contribution in [0.15, 0.2) is 97.2 Å². The molecule has 0 spiro atoms. The van der Waals surface area contributed by atoms with E-state index < -0.39 is 0 Å². The van der Waals surface area contributed by atoms with Crippen LogP contribution in [-0.2, 0) is 0 Å². The number of rotatable bonds is 17. The van der Waals surface area contributed by atoms with Gasteiger partial charge in [-0.1, -0.05) is 170 Å². The van der Waals surface area contributed by atoms with Crippen molar-refractivity contribution < 1.29 is 0 Å². The van der Waals surface area contributed by atoms with Crippen molar-refractivity contribution in [1.29, 1.82) is 0 Å². The molecule has 0 atom stereocenters. The maximum absolute atomic E-state index is 3.59. The van der Waals surface area contributed by atoms with Crippen molar-refractivity contribution in [2.75, 3.05) is 0 Å². The van der Waals surface area contributed by atoms with Gasteiger partial charge >= 0.3 is 0 Å². The first-order chi connectivity index (χ1) is 17.9. The molecule has 0 aromatic carbocycles. The molecule has 0 amide bonds. The average molecular weight is 511 g/mol. The van der Waals surface area contributed by atoms with Crippen LogP contribution in [0.4, 0.5) is 0 Å². The molecule has 0 nitrogen and oxygen atoms in total. The van der Waals surface area contributed by atoms with Crippen molar-refractivity contribution in [3.05, 3.63) is 97.2 Å². The Hall–Kier alpha value is -2.08. The van der Waals surface area contributed by atoms with Crippen LogP contribution in [0, 0.1) is 0 Å². The second-order valence-electron chi connectivity index (χ2n) is 9.59. The molecule has 0 aliphatic heterocycles.